The largest absolute Gasteiger partial charge is 0.352 e. The van der Waals surface area contributed by atoms with Crippen LogP contribution in [0.1, 0.15) is 19.8 Å². The Morgan fingerprint density at radius 2 is 2.40 bits per heavy atom. The first-order valence-corrected chi connectivity index (χ1v) is 8.31. The zero-order valence-electron chi connectivity index (χ0n) is 11.2. The topological polar surface area (TPSA) is 45.2 Å². The molecule has 0 radical (unpaired) electrons. The first-order valence-electron chi connectivity index (χ1n) is 6.70. The minimum absolute atomic E-state index is 0.0464. The number of thiazole rings is 1. The normalized spacial score (nSPS) is 19.3. The van der Waals surface area contributed by atoms with Gasteiger partial charge in [-0.25, -0.2) is 4.98 Å². The maximum atomic E-state index is 11.2. The number of anilines is 1. The van der Waals surface area contributed by atoms with Crippen LogP contribution in [0.3, 0.4) is 0 Å². The molecule has 20 heavy (non-hydrogen) atoms. The predicted octanol–water partition coefficient (Wildman–Crippen LogP) is 3.16. The molecule has 1 fully saturated rings. The average Bonchev–Trinajstić information content (AvgIpc) is 2.81. The fraction of sp³-hybridized carbons (Fsp3) is 0.429. The number of piperidine rings is 1. The van der Waals surface area contributed by atoms with E-state index in [2.05, 4.69) is 32.2 Å². The van der Waals surface area contributed by atoms with Crippen LogP contribution in [0.25, 0.3) is 10.2 Å². The number of rotatable bonds is 2. The van der Waals surface area contributed by atoms with Gasteiger partial charge in [0, 0.05) is 30.5 Å². The van der Waals surface area contributed by atoms with Crippen molar-refractivity contribution >= 4 is 48.5 Å². The summed E-state index contributed by atoms with van der Waals surface area (Å²) in [7, 11) is 0. The number of hydrogen-bond donors (Lipinski definition) is 1. The molecule has 1 unspecified atom stereocenters. The van der Waals surface area contributed by atoms with Gasteiger partial charge in [0.25, 0.3) is 0 Å². The van der Waals surface area contributed by atoms with Crippen molar-refractivity contribution in [2.75, 3.05) is 18.0 Å². The van der Waals surface area contributed by atoms with Crippen molar-refractivity contribution in [3.8, 4) is 0 Å². The lowest BCUT2D eigenvalue weighted by molar-refractivity contribution is -0.119. The minimum Gasteiger partial charge on any atom is -0.352 e. The summed E-state index contributed by atoms with van der Waals surface area (Å²) in [6.07, 6.45) is 2.14. The van der Waals surface area contributed by atoms with Crippen LogP contribution in [0.4, 0.5) is 5.13 Å². The average molecular weight is 354 g/mol. The summed E-state index contributed by atoms with van der Waals surface area (Å²) < 4.78 is 2.27. The van der Waals surface area contributed by atoms with E-state index < -0.39 is 0 Å². The molecule has 1 atom stereocenters. The van der Waals surface area contributed by atoms with Crippen molar-refractivity contribution in [2.45, 2.75) is 25.8 Å². The van der Waals surface area contributed by atoms with E-state index in [-0.39, 0.29) is 11.9 Å². The van der Waals surface area contributed by atoms with Gasteiger partial charge in [-0.1, -0.05) is 27.3 Å². The van der Waals surface area contributed by atoms with Crippen molar-refractivity contribution in [1.29, 1.82) is 0 Å². The highest BCUT2D eigenvalue weighted by atomic mass is 79.9. The van der Waals surface area contributed by atoms with E-state index in [0.717, 1.165) is 41.1 Å². The maximum Gasteiger partial charge on any atom is 0.217 e. The van der Waals surface area contributed by atoms with Crippen LogP contribution in [-0.4, -0.2) is 30.0 Å². The van der Waals surface area contributed by atoms with Crippen molar-refractivity contribution in [3.63, 3.8) is 0 Å². The summed E-state index contributed by atoms with van der Waals surface area (Å²) >= 11 is 5.20. The molecule has 0 spiro atoms. The third kappa shape index (κ3) is 2.96. The van der Waals surface area contributed by atoms with Gasteiger partial charge in [0.2, 0.25) is 5.91 Å². The smallest absolute Gasteiger partial charge is 0.217 e. The molecule has 1 aromatic heterocycles. The minimum atomic E-state index is 0.0464. The number of hydrogen-bond acceptors (Lipinski definition) is 4. The van der Waals surface area contributed by atoms with E-state index in [1.165, 1.54) is 4.70 Å². The van der Waals surface area contributed by atoms with Crippen LogP contribution in [0.5, 0.6) is 0 Å². The standard InChI is InChI=1S/C14H16BrN3OS/c1-9(19)16-11-3-2-6-18(8-11)14-17-12-5-4-10(15)7-13(12)20-14/h4-5,7,11H,2-3,6,8H2,1H3,(H,16,19). The highest BCUT2D eigenvalue weighted by molar-refractivity contribution is 9.10. The highest BCUT2D eigenvalue weighted by Crippen LogP contribution is 2.32. The lowest BCUT2D eigenvalue weighted by Crippen LogP contribution is -2.47. The summed E-state index contributed by atoms with van der Waals surface area (Å²) in [6.45, 7) is 3.44. The number of carbonyl (C=O) groups is 1. The van der Waals surface area contributed by atoms with Gasteiger partial charge < -0.3 is 10.2 Å². The second-order valence-electron chi connectivity index (χ2n) is 5.09. The highest BCUT2D eigenvalue weighted by Gasteiger charge is 2.22. The van der Waals surface area contributed by atoms with Crippen LogP contribution < -0.4 is 10.2 Å². The molecular weight excluding hydrogens is 338 g/mol. The SMILES string of the molecule is CC(=O)NC1CCCN(c2nc3ccc(Br)cc3s2)C1. The number of aromatic nitrogens is 1. The molecule has 0 saturated carbocycles. The van der Waals surface area contributed by atoms with E-state index in [4.69, 9.17) is 4.98 Å². The van der Waals surface area contributed by atoms with E-state index in [0.29, 0.717) is 0 Å². The van der Waals surface area contributed by atoms with Gasteiger partial charge in [0.1, 0.15) is 0 Å². The molecule has 2 aromatic rings. The van der Waals surface area contributed by atoms with Gasteiger partial charge in [0.05, 0.1) is 10.2 Å². The van der Waals surface area contributed by atoms with Gasteiger partial charge in [-0.05, 0) is 31.0 Å². The number of amides is 1. The molecule has 3 rings (SSSR count). The Morgan fingerprint density at radius 1 is 1.55 bits per heavy atom. The van der Waals surface area contributed by atoms with Crippen LogP contribution in [0.2, 0.25) is 0 Å². The molecule has 1 aliphatic rings. The van der Waals surface area contributed by atoms with Gasteiger partial charge in [0.15, 0.2) is 5.13 Å². The molecule has 1 N–H and O–H groups in total. The third-order valence-corrected chi connectivity index (χ3v) is 5.01. The quantitative estimate of drug-likeness (QED) is 0.901. The van der Waals surface area contributed by atoms with E-state index in [9.17, 15) is 4.79 Å². The summed E-state index contributed by atoms with van der Waals surface area (Å²) in [5.41, 5.74) is 1.04. The number of nitrogens with zero attached hydrogens (tertiary/aromatic N) is 2. The third-order valence-electron chi connectivity index (χ3n) is 3.44. The Kier molecular flexibility index (Phi) is 3.94. The van der Waals surface area contributed by atoms with Crippen LogP contribution >= 0.6 is 27.3 Å². The summed E-state index contributed by atoms with van der Waals surface area (Å²) in [4.78, 5) is 18.2. The summed E-state index contributed by atoms with van der Waals surface area (Å²) in [5, 5.41) is 4.06. The molecule has 0 bridgehead atoms. The van der Waals surface area contributed by atoms with E-state index in [1.54, 1.807) is 18.3 Å². The Bertz CT molecular complexity index is 642. The molecule has 6 heteroatoms. The van der Waals surface area contributed by atoms with Gasteiger partial charge in [-0.3, -0.25) is 4.79 Å². The first-order chi connectivity index (χ1) is 9.61. The Balaban J connectivity index is 1.81. The van der Waals surface area contributed by atoms with Crippen LogP contribution in [0, 0.1) is 0 Å². The predicted molar refractivity (Wildman–Crippen MR) is 86.4 cm³/mol. The molecule has 4 nitrogen and oxygen atoms in total. The van der Waals surface area contributed by atoms with Gasteiger partial charge in [-0.2, -0.15) is 0 Å². The Morgan fingerprint density at radius 3 is 3.20 bits per heavy atom. The lowest BCUT2D eigenvalue weighted by atomic mass is 10.1. The van der Waals surface area contributed by atoms with Crippen molar-refractivity contribution < 1.29 is 4.79 Å². The van der Waals surface area contributed by atoms with E-state index >= 15 is 0 Å². The molecular formula is C14H16BrN3OS. The summed E-state index contributed by atoms with van der Waals surface area (Å²) in [5.74, 6) is 0.0464. The van der Waals surface area contributed by atoms with Crippen LogP contribution in [-0.2, 0) is 4.79 Å². The van der Waals surface area contributed by atoms with Crippen molar-refractivity contribution in [1.82, 2.24) is 10.3 Å². The number of carbonyl (C=O) groups excluding carboxylic acids is 1. The number of halogens is 1. The fourth-order valence-electron chi connectivity index (χ4n) is 2.58. The second-order valence-corrected chi connectivity index (χ2v) is 7.02. The lowest BCUT2D eigenvalue weighted by Gasteiger charge is -2.32. The molecule has 2 heterocycles. The molecule has 1 aliphatic heterocycles. The van der Waals surface area contributed by atoms with Gasteiger partial charge in [-0.15, -0.1) is 0 Å². The molecule has 1 aromatic carbocycles. The fourth-order valence-corrected chi connectivity index (χ4v) is 4.13. The van der Waals surface area contributed by atoms with Crippen molar-refractivity contribution in [2.24, 2.45) is 0 Å². The van der Waals surface area contributed by atoms with Crippen molar-refractivity contribution in [3.05, 3.63) is 22.7 Å². The van der Waals surface area contributed by atoms with Gasteiger partial charge >= 0.3 is 0 Å². The molecule has 106 valence electrons. The monoisotopic (exact) mass is 353 g/mol. The first kappa shape index (κ1) is 13.8. The number of benzene rings is 1. The van der Waals surface area contributed by atoms with Crippen LogP contribution in [0.15, 0.2) is 22.7 Å². The molecule has 1 saturated heterocycles. The Hall–Kier alpha value is -1.14. The zero-order valence-corrected chi connectivity index (χ0v) is 13.6. The zero-order chi connectivity index (χ0) is 14.1. The molecule has 0 aliphatic carbocycles. The number of fused-ring (bicyclic) bond motifs is 1. The maximum absolute atomic E-state index is 11.2. The molecule has 1 amide bonds. The Labute approximate surface area is 130 Å². The summed E-state index contributed by atoms with van der Waals surface area (Å²) in [6, 6.07) is 6.39. The number of nitrogens with one attached hydrogen (secondary N) is 1. The second kappa shape index (κ2) is 5.69. The van der Waals surface area contributed by atoms with E-state index in [1.807, 2.05) is 12.1 Å².